The van der Waals surface area contributed by atoms with Crippen LogP contribution in [-0.4, -0.2) is 30.4 Å². The van der Waals surface area contributed by atoms with Gasteiger partial charge in [-0.25, -0.2) is 4.79 Å². The zero-order chi connectivity index (χ0) is 15.9. The molecule has 4 nitrogen and oxygen atoms in total. The lowest BCUT2D eigenvalue weighted by Crippen LogP contribution is -2.22. The molecule has 0 radical (unpaired) electrons. The number of aryl methyl sites for hydroxylation is 1. The van der Waals surface area contributed by atoms with Crippen LogP contribution in [0.4, 0.5) is 0 Å². The van der Waals surface area contributed by atoms with Gasteiger partial charge in [-0.3, -0.25) is 0 Å². The largest absolute Gasteiger partial charge is 0.462 e. The van der Waals surface area contributed by atoms with E-state index in [4.69, 9.17) is 9.47 Å². The summed E-state index contributed by atoms with van der Waals surface area (Å²) in [4.78, 5) is 12.3. The Morgan fingerprint density at radius 1 is 1.18 bits per heavy atom. The SMILES string of the molecule is CCOCCOC(=O)C(CC)n1ccc2cc(CC)ccc21. The predicted octanol–water partition coefficient (Wildman–Crippen LogP) is 3.73. The number of hydrogen-bond acceptors (Lipinski definition) is 3. The Morgan fingerprint density at radius 3 is 2.68 bits per heavy atom. The highest BCUT2D eigenvalue weighted by Crippen LogP contribution is 2.24. The minimum atomic E-state index is -0.286. The predicted molar refractivity (Wildman–Crippen MR) is 88.1 cm³/mol. The van der Waals surface area contributed by atoms with Gasteiger partial charge in [0.25, 0.3) is 0 Å². The summed E-state index contributed by atoms with van der Waals surface area (Å²) in [5, 5.41) is 1.17. The summed E-state index contributed by atoms with van der Waals surface area (Å²) >= 11 is 0. The molecule has 0 N–H and O–H groups in total. The summed E-state index contributed by atoms with van der Waals surface area (Å²) in [6, 6.07) is 8.16. The van der Waals surface area contributed by atoms with Crippen molar-refractivity contribution in [2.45, 2.75) is 39.7 Å². The van der Waals surface area contributed by atoms with Crippen LogP contribution < -0.4 is 0 Å². The van der Waals surface area contributed by atoms with Crippen LogP contribution in [-0.2, 0) is 20.7 Å². The molecule has 22 heavy (non-hydrogen) atoms. The first-order valence-corrected chi connectivity index (χ1v) is 8.05. The van der Waals surface area contributed by atoms with E-state index in [1.807, 2.05) is 24.6 Å². The third-order valence-corrected chi connectivity index (χ3v) is 3.86. The van der Waals surface area contributed by atoms with Crippen LogP contribution in [0.25, 0.3) is 10.9 Å². The van der Waals surface area contributed by atoms with Crippen molar-refractivity contribution < 1.29 is 14.3 Å². The molecule has 0 bridgehead atoms. The highest BCUT2D eigenvalue weighted by Gasteiger charge is 2.21. The van der Waals surface area contributed by atoms with Gasteiger partial charge in [0.05, 0.1) is 6.61 Å². The Kier molecular flexibility index (Phi) is 6.01. The average Bonchev–Trinajstić information content (AvgIpc) is 2.95. The van der Waals surface area contributed by atoms with Crippen molar-refractivity contribution in [3.63, 3.8) is 0 Å². The maximum Gasteiger partial charge on any atom is 0.329 e. The summed E-state index contributed by atoms with van der Waals surface area (Å²) in [6.45, 7) is 7.46. The number of carbonyl (C=O) groups excluding carboxylic acids is 1. The third kappa shape index (κ3) is 3.69. The number of hydrogen-bond donors (Lipinski definition) is 0. The fourth-order valence-electron chi connectivity index (χ4n) is 2.62. The Hall–Kier alpha value is -1.81. The van der Waals surface area contributed by atoms with E-state index in [0.29, 0.717) is 26.2 Å². The molecule has 0 aliphatic carbocycles. The van der Waals surface area contributed by atoms with Crippen LogP contribution >= 0.6 is 0 Å². The minimum absolute atomic E-state index is 0.195. The number of benzene rings is 1. The van der Waals surface area contributed by atoms with Gasteiger partial charge < -0.3 is 14.0 Å². The van der Waals surface area contributed by atoms with Crippen molar-refractivity contribution in [3.8, 4) is 0 Å². The molecule has 1 atom stereocenters. The van der Waals surface area contributed by atoms with Crippen LogP contribution in [0.2, 0.25) is 0 Å². The van der Waals surface area contributed by atoms with Gasteiger partial charge >= 0.3 is 5.97 Å². The first-order chi connectivity index (χ1) is 10.7. The fourth-order valence-corrected chi connectivity index (χ4v) is 2.62. The van der Waals surface area contributed by atoms with Crippen LogP contribution in [0.5, 0.6) is 0 Å². The van der Waals surface area contributed by atoms with Gasteiger partial charge in [-0.1, -0.05) is 19.9 Å². The lowest BCUT2D eigenvalue weighted by Gasteiger charge is -2.17. The molecule has 1 aromatic carbocycles. The molecule has 120 valence electrons. The molecule has 0 aliphatic rings. The molecule has 0 aliphatic heterocycles. The van der Waals surface area contributed by atoms with Crippen molar-refractivity contribution in [2.75, 3.05) is 19.8 Å². The van der Waals surface area contributed by atoms with Gasteiger partial charge in [0.1, 0.15) is 12.6 Å². The molecule has 0 amide bonds. The molecule has 4 heteroatoms. The van der Waals surface area contributed by atoms with Gasteiger partial charge in [0.2, 0.25) is 0 Å². The maximum atomic E-state index is 12.3. The molecule has 0 saturated carbocycles. The second kappa shape index (κ2) is 7.99. The van der Waals surface area contributed by atoms with Crippen LogP contribution in [0.15, 0.2) is 30.5 Å². The second-order valence-electron chi connectivity index (χ2n) is 5.26. The highest BCUT2D eigenvalue weighted by molar-refractivity contribution is 5.84. The number of carbonyl (C=O) groups is 1. The number of ether oxygens (including phenoxy) is 2. The zero-order valence-corrected chi connectivity index (χ0v) is 13.7. The Labute approximate surface area is 132 Å². The normalized spacial score (nSPS) is 12.5. The van der Waals surface area contributed by atoms with E-state index in [2.05, 4.69) is 31.2 Å². The van der Waals surface area contributed by atoms with Gasteiger partial charge in [-0.05, 0) is 48.9 Å². The standard InChI is InChI=1S/C18H25NO3/c1-4-14-7-8-17-15(13-14)9-10-19(17)16(5-2)18(20)22-12-11-21-6-3/h7-10,13,16H,4-6,11-12H2,1-3H3. The molecule has 2 aromatic rings. The van der Waals surface area contributed by atoms with Gasteiger partial charge in [-0.15, -0.1) is 0 Å². The number of esters is 1. The molecular weight excluding hydrogens is 278 g/mol. The summed E-state index contributed by atoms with van der Waals surface area (Å²) in [5.41, 5.74) is 2.38. The van der Waals surface area contributed by atoms with Crippen molar-refractivity contribution >= 4 is 16.9 Å². The van der Waals surface area contributed by atoms with Crippen LogP contribution in [0.1, 0.15) is 38.8 Å². The Morgan fingerprint density at radius 2 is 2.00 bits per heavy atom. The molecule has 1 unspecified atom stereocenters. The van der Waals surface area contributed by atoms with E-state index < -0.39 is 0 Å². The quantitative estimate of drug-likeness (QED) is 0.551. The van der Waals surface area contributed by atoms with Crippen molar-refractivity contribution in [1.29, 1.82) is 0 Å². The molecule has 0 spiro atoms. The van der Waals surface area contributed by atoms with Gasteiger partial charge in [-0.2, -0.15) is 0 Å². The smallest absolute Gasteiger partial charge is 0.329 e. The molecular formula is C18H25NO3. The van der Waals surface area contributed by atoms with E-state index in [1.54, 1.807) is 0 Å². The maximum absolute atomic E-state index is 12.3. The average molecular weight is 303 g/mol. The number of aromatic nitrogens is 1. The van der Waals surface area contributed by atoms with Crippen LogP contribution in [0.3, 0.4) is 0 Å². The summed E-state index contributed by atoms with van der Waals surface area (Å²) in [6.07, 6.45) is 3.69. The topological polar surface area (TPSA) is 40.5 Å². The molecule has 0 saturated heterocycles. The van der Waals surface area contributed by atoms with Gasteiger partial charge in [0.15, 0.2) is 0 Å². The van der Waals surface area contributed by atoms with E-state index in [1.165, 1.54) is 10.9 Å². The Bertz CT molecular complexity index is 618. The number of nitrogens with zero attached hydrogens (tertiary/aromatic N) is 1. The third-order valence-electron chi connectivity index (χ3n) is 3.86. The highest BCUT2D eigenvalue weighted by atomic mass is 16.6. The molecule has 1 heterocycles. The fraction of sp³-hybridized carbons (Fsp3) is 0.500. The van der Waals surface area contributed by atoms with Crippen molar-refractivity contribution in [2.24, 2.45) is 0 Å². The van der Waals surface area contributed by atoms with E-state index >= 15 is 0 Å². The Balaban J connectivity index is 2.15. The lowest BCUT2D eigenvalue weighted by atomic mass is 10.1. The summed E-state index contributed by atoms with van der Waals surface area (Å²) in [5.74, 6) is -0.195. The summed E-state index contributed by atoms with van der Waals surface area (Å²) < 4.78 is 12.5. The van der Waals surface area contributed by atoms with Crippen molar-refractivity contribution in [3.05, 3.63) is 36.0 Å². The number of fused-ring (bicyclic) bond motifs is 1. The van der Waals surface area contributed by atoms with E-state index in [-0.39, 0.29) is 12.0 Å². The van der Waals surface area contributed by atoms with E-state index in [9.17, 15) is 4.79 Å². The first-order valence-electron chi connectivity index (χ1n) is 8.05. The lowest BCUT2D eigenvalue weighted by molar-refractivity contribution is -0.149. The zero-order valence-electron chi connectivity index (χ0n) is 13.7. The minimum Gasteiger partial charge on any atom is -0.462 e. The number of rotatable bonds is 8. The van der Waals surface area contributed by atoms with Crippen molar-refractivity contribution in [1.82, 2.24) is 4.57 Å². The van der Waals surface area contributed by atoms with Gasteiger partial charge in [0, 0.05) is 18.3 Å². The first kappa shape index (κ1) is 16.6. The molecule has 2 rings (SSSR count). The summed E-state index contributed by atoms with van der Waals surface area (Å²) in [7, 11) is 0. The molecule has 1 aromatic heterocycles. The second-order valence-corrected chi connectivity index (χ2v) is 5.26. The monoisotopic (exact) mass is 303 g/mol. The molecule has 0 fully saturated rings. The van der Waals surface area contributed by atoms with E-state index in [0.717, 1.165) is 11.9 Å². The van der Waals surface area contributed by atoms with Crippen LogP contribution in [0, 0.1) is 0 Å².